The van der Waals surface area contributed by atoms with E-state index in [1.54, 1.807) is 16.9 Å². The molecule has 1 heterocycles. The van der Waals surface area contributed by atoms with Crippen molar-refractivity contribution in [2.75, 3.05) is 11.1 Å². The van der Waals surface area contributed by atoms with Crippen LogP contribution in [0.2, 0.25) is 0 Å². The van der Waals surface area contributed by atoms with E-state index in [9.17, 15) is 13.6 Å². The number of carbonyl (C=O) groups excluding carboxylic acids is 1. The molecule has 0 aliphatic rings. The maximum Gasteiger partial charge on any atom is 0.235 e. The highest BCUT2D eigenvalue weighted by molar-refractivity contribution is 8.00. The summed E-state index contributed by atoms with van der Waals surface area (Å²) >= 11 is 1.02. The Labute approximate surface area is 131 Å². The molecule has 118 valence electrons. The Morgan fingerprint density at radius 2 is 2.18 bits per heavy atom. The van der Waals surface area contributed by atoms with Crippen molar-refractivity contribution in [3.8, 4) is 0 Å². The molecule has 0 aliphatic carbocycles. The molecule has 0 saturated carbocycles. The second-order valence-electron chi connectivity index (χ2n) is 4.83. The number of anilines is 1. The molecule has 1 aromatic heterocycles. The van der Waals surface area contributed by atoms with E-state index in [1.807, 2.05) is 13.8 Å². The number of nitrogens with zero attached hydrogens (tertiary/aromatic N) is 2. The number of thioether (sulfide) groups is 1. The van der Waals surface area contributed by atoms with Gasteiger partial charge in [0.15, 0.2) is 0 Å². The predicted molar refractivity (Wildman–Crippen MR) is 82.9 cm³/mol. The number of benzene rings is 1. The molecule has 22 heavy (non-hydrogen) atoms. The van der Waals surface area contributed by atoms with E-state index < -0.39 is 11.6 Å². The zero-order valence-corrected chi connectivity index (χ0v) is 13.2. The molecular formula is C15H17F2N3OS. The molecule has 2 rings (SSSR count). The molecular weight excluding hydrogens is 308 g/mol. The number of hydrogen-bond donors (Lipinski definition) is 1. The third kappa shape index (κ3) is 4.07. The Kier molecular flexibility index (Phi) is 5.54. The summed E-state index contributed by atoms with van der Waals surface area (Å²) in [6, 6.07) is 5.19. The number of nitrogens with one attached hydrogen (secondary N) is 1. The zero-order chi connectivity index (χ0) is 16.1. The van der Waals surface area contributed by atoms with Crippen molar-refractivity contribution >= 4 is 23.5 Å². The first kappa shape index (κ1) is 16.5. The van der Waals surface area contributed by atoms with E-state index in [1.165, 1.54) is 12.1 Å². The molecule has 7 heteroatoms. The quantitative estimate of drug-likeness (QED) is 0.820. The van der Waals surface area contributed by atoms with Crippen LogP contribution in [-0.4, -0.2) is 21.4 Å². The van der Waals surface area contributed by atoms with Crippen LogP contribution in [0.5, 0.6) is 0 Å². The van der Waals surface area contributed by atoms with E-state index in [4.69, 9.17) is 0 Å². The maximum atomic E-state index is 13.5. The van der Waals surface area contributed by atoms with Gasteiger partial charge in [-0.05, 0) is 25.5 Å². The highest BCUT2D eigenvalue weighted by Gasteiger charge is 2.12. The van der Waals surface area contributed by atoms with E-state index in [0.717, 1.165) is 24.2 Å². The molecule has 4 nitrogen and oxygen atoms in total. The second kappa shape index (κ2) is 7.40. The number of amides is 1. The van der Waals surface area contributed by atoms with Crippen molar-refractivity contribution in [2.45, 2.75) is 31.2 Å². The van der Waals surface area contributed by atoms with Gasteiger partial charge in [0.25, 0.3) is 0 Å². The van der Waals surface area contributed by atoms with Crippen molar-refractivity contribution in [3.63, 3.8) is 0 Å². The number of hydrogen-bond acceptors (Lipinski definition) is 3. The molecule has 0 spiro atoms. The number of halogens is 2. The lowest BCUT2D eigenvalue weighted by molar-refractivity contribution is -0.113. The van der Waals surface area contributed by atoms with Gasteiger partial charge in [-0.15, -0.1) is 11.8 Å². The zero-order valence-electron chi connectivity index (χ0n) is 12.3. The van der Waals surface area contributed by atoms with Gasteiger partial charge in [-0.2, -0.15) is 5.10 Å². The van der Waals surface area contributed by atoms with Crippen LogP contribution in [0.4, 0.5) is 14.6 Å². The van der Waals surface area contributed by atoms with Crippen LogP contribution in [0.3, 0.4) is 0 Å². The van der Waals surface area contributed by atoms with Gasteiger partial charge < -0.3 is 5.32 Å². The first-order valence-electron chi connectivity index (χ1n) is 6.92. The Hall–Kier alpha value is -1.89. The van der Waals surface area contributed by atoms with Gasteiger partial charge in [0.05, 0.1) is 18.0 Å². The first-order valence-corrected chi connectivity index (χ1v) is 7.91. The van der Waals surface area contributed by atoms with Gasteiger partial charge >= 0.3 is 0 Å². The molecule has 1 N–H and O–H groups in total. The average molecular weight is 325 g/mol. The van der Waals surface area contributed by atoms with Gasteiger partial charge in [0.2, 0.25) is 5.91 Å². The van der Waals surface area contributed by atoms with E-state index in [2.05, 4.69) is 10.4 Å². The summed E-state index contributed by atoms with van der Waals surface area (Å²) in [4.78, 5) is 12.2. The Morgan fingerprint density at radius 1 is 1.41 bits per heavy atom. The molecule has 1 amide bonds. The van der Waals surface area contributed by atoms with Crippen molar-refractivity contribution in [2.24, 2.45) is 0 Å². The van der Waals surface area contributed by atoms with E-state index in [0.29, 0.717) is 5.82 Å². The Bertz CT molecular complexity index is 660. The van der Waals surface area contributed by atoms with Crippen LogP contribution in [0, 0.1) is 11.6 Å². The summed E-state index contributed by atoms with van der Waals surface area (Å²) in [5.41, 5.74) is 0. The van der Waals surface area contributed by atoms with Crippen LogP contribution >= 0.6 is 11.8 Å². The van der Waals surface area contributed by atoms with Gasteiger partial charge in [-0.3, -0.25) is 4.79 Å². The molecule has 0 aliphatic heterocycles. The molecule has 0 saturated heterocycles. The normalized spacial score (nSPS) is 12.2. The summed E-state index contributed by atoms with van der Waals surface area (Å²) in [6.45, 7) is 4.04. The van der Waals surface area contributed by atoms with Crippen LogP contribution in [0.25, 0.3) is 0 Å². The summed E-state index contributed by atoms with van der Waals surface area (Å²) in [5, 5.41) is 6.93. The molecule has 1 unspecified atom stereocenters. The lowest BCUT2D eigenvalue weighted by atomic mass is 10.3. The highest BCUT2D eigenvalue weighted by Crippen LogP contribution is 2.23. The predicted octanol–water partition coefficient (Wildman–Crippen LogP) is 3.86. The Balaban J connectivity index is 1.95. The van der Waals surface area contributed by atoms with Crippen LogP contribution in [0.1, 0.15) is 26.3 Å². The standard InChI is InChI=1S/C15H17F2N3OS/c1-3-10(2)20-14(6-7-18-20)19-15(21)9-22-13-5-4-11(16)8-12(13)17/h4-8,10H,3,9H2,1-2H3,(H,19,21). The highest BCUT2D eigenvalue weighted by atomic mass is 32.2. The minimum Gasteiger partial charge on any atom is -0.310 e. The van der Waals surface area contributed by atoms with Crippen molar-refractivity contribution in [1.29, 1.82) is 0 Å². The van der Waals surface area contributed by atoms with E-state index >= 15 is 0 Å². The van der Waals surface area contributed by atoms with Crippen LogP contribution in [0.15, 0.2) is 35.4 Å². The third-order valence-corrected chi connectivity index (χ3v) is 4.25. The second-order valence-corrected chi connectivity index (χ2v) is 5.85. The Morgan fingerprint density at radius 3 is 2.86 bits per heavy atom. The molecule has 1 atom stereocenters. The van der Waals surface area contributed by atoms with Gasteiger partial charge in [0, 0.05) is 17.0 Å². The van der Waals surface area contributed by atoms with Crippen molar-refractivity contribution in [3.05, 3.63) is 42.1 Å². The minimum absolute atomic E-state index is 0.0360. The lowest BCUT2D eigenvalue weighted by Crippen LogP contribution is -2.18. The third-order valence-electron chi connectivity index (χ3n) is 3.20. The lowest BCUT2D eigenvalue weighted by Gasteiger charge is -2.14. The van der Waals surface area contributed by atoms with Gasteiger partial charge in [-0.1, -0.05) is 6.92 Å². The van der Waals surface area contributed by atoms with Crippen molar-refractivity contribution < 1.29 is 13.6 Å². The molecule has 0 radical (unpaired) electrons. The van der Waals surface area contributed by atoms with E-state index in [-0.39, 0.29) is 22.6 Å². The number of carbonyl (C=O) groups is 1. The van der Waals surface area contributed by atoms with Gasteiger partial charge in [0.1, 0.15) is 17.5 Å². The molecule has 0 bridgehead atoms. The summed E-state index contributed by atoms with van der Waals surface area (Å²) in [7, 11) is 0. The fraction of sp³-hybridized carbons (Fsp3) is 0.333. The topological polar surface area (TPSA) is 46.9 Å². The van der Waals surface area contributed by atoms with Crippen molar-refractivity contribution in [1.82, 2.24) is 9.78 Å². The minimum atomic E-state index is -0.664. The fourth-order valence-electron chi connectivity index (χ4n) is 1.85. The maximum absolute atomic E-state index is 13.5. The molecule has 2 aromatic rings. The number of aromatic nitrogens is 2. The molecule has 1 aromatic carbocycles. The first-order chi connectivity index (χ1) is 10.5. The monoisotopic (exact) mass is 325 g/mol. The number of rotatable bonds is 6. The SMILES string of the molecule is CCC(C)n1nccc1NC(=O)CSc1ccc(F)cc1F. The fourth-order valence-corrected chi connectivity index (χ4v) is 2.57. The smallest absolute Gasteiger partial charge is 0.235 e. The molecule has 0 fully saturated rings. The largest absolute Gasteiger partial charge is 0.310 e. The summed E-state index contributed by atoms with van der Waals surface area (Å²) in [5.74, 6) is -0.918. The van der Waals surface area contributed by atoms with Gasteiger partial charge in [-0.25, -0.2) is 13.5 Å². The summed E-state index contributed by atoms with van der Waals surface area (Å²) < 4.78 is 28.0. The van der Waals surface area contributed by atoms with Crippen LogP contribution in [-0.2, 0) is 4.79 Å². The average Bonchev–Trinajstić information content (AvgIpc) is 2.93. The van der Waals surface area contributed by atoms with Crippen LogP contribution < -0.4 is 5.32 Å². The summed E-state index contributed by atoms with van der Waals surface area (Å²) in [6.07, 6.45) is 2.51.